The molecule has 0 aliphatic heterocycles. The Morgan fingerprint density at radius 2 is 2.05 bits per heavy atom. The number of amides is 1. The van der Waals surface area contributed by atoms with Gasteiger partial charge in [0.05, 0.1) is 18.4 Å². The lowest BCUT2D eigenvalue weighted by molar-refractivity contribution is 0.102. The molecule has 20 heavy (non-hydrogen) atoms. The maximum absolute atomic E-state index is 12.8. The van der Waals surface area contributed by atoms with Gasteiger partial charge in [-0.15, -0.1) is 0 Å². The fourth-order valence-corrected chi connectivity index (χ4v) is 1.66. The maximum Gasteiger partial charge on any atom is 0.255 e. The van der Waals surface area contributed by atoms with E-state index in [1.165, 1.54) is 24.3 Å². The monoisotopic (exact) mass is 276 g/mol. The normalized spacial score (nSPS) is 10.8. The van der Waals surface area contributed by atoms with Crippen LogP contribution >= 0.6 is 0 Å². The predicted molar refractivity (Wildman–Crippen MR) is 75.1 cm³/mol. The Labute approximate surface area is 117 Å². The molecule has 0 atom stereocenters. The Kier molecular flexibility index (Phi) is 4.47. The number of anilines is 1. The van der Waals surface area contributed by atoms with Crippen molar-refractivity contribution in [2.24, 2.45) is 0 Å². The molecular weight excluding hydrogens is 259 g/mol. The van der Waals surface area contributed by atoms with Gasteiger partial charge in [-0.3, -0.25) is 9.48 Å². The van der Waals surface area contributed by atoms with Crippen LogP contribution in [0.2, 0.25) is 0 Å². The van der Waals surface area contributed by atoms with Crippen LogP contribution in [0.3, 0.4) is 0 Å². The largest absolute Gasteiger partial charge is 0.319 e. The molecule has 0 saturated heterocycles. The van der Waals surface area contributed by atoms with E-state index in [0.29, 0.717) is 11.3 Å². The van der Waals surface area contributed by atoms with Gasteiger partial charge in [-0.05, 0) is 38.4 Å². The van der Waals surface area contributed by atoms with E-state index >= 15 is 0 Å². The first kappa shape index (κ1) is 14.2. The van der Waals surface area contributed by atoms with Gasteiger partial charge >= 0.3 is 0 Å². The number of hydrogen-bond acceptors (Lipinski definition) is 3. The van der Waals surface area contributed by atoms with Crippen LogP contribution in [0.4, 0.5) is 10.1 Å². The highest BCUT2D eigenvalue weighted by Gasteiger charge is 2.07. The number of carbonyl (C=O) groups is 1. The summed E-state index contributed by atoms with van der Waals surface area (Å²) in [7, 11) is 3.97. The molecule has 2 rings (SSSR count). The molecule has 6 heteroatoms. The molecule has 0 spiro atoms. The Balaban J connectivity index is 1.96. The molecule has 1 aromatic carbocycles. The van der Waals surface area contributed by atoms with Crippen molar-refractivity contribution in [2.45, 2.75) is 6.54 Å². The van der Waals surface area contributed by atoms with Crippen LogP contribution in [-0.4, -0.2) is 41.2 Å². The molecule has 0 aliphatic carbocycles. The molecule has 0 radical (unpaired) electrons. The third-order valence-corrected chi connectivity index (χ3v) is 2.77. The van der Waals surface area contributed by atoms with E-state index in [0.717, 1.165) is 13.1 Å². The van der Waals surface area contributed by atoms with E-state index in [4.69, 9.17) is 0 Å². The number of carbonyl (C=O) groups excluding carboxylic acids is 1. The molecule has 0 aliphatic rings. The quantitative estimate of drug-likeness (QED) is 0.906. The third kappa shape index (κ3) is 3.89. The second-order valence-electron chi connectivity index (χ2n) is 4.76. The fourth-order valence-electron chi connectivity index (χ4n) is 1.66. The lowest BCUT2D eigenvalue weighted by Crippen LogP contribution is -2.18. The Morgan fingerprint density at radius 3 is 2.70 bits per heavy atom. The Morgan fingerprint density at radius 1 is 1.35 bits per heavy atom. The molecule has 5 nitrogen and oxygen atoms in total. The van der Waals surface area contributed by atoms with Crippen LogP contribution in [0.5, 0.6) is 0 Å². The molecule has 0 fully saturated rings. The summed E-state index contributed by atoms with van der Waals surface area (Å²) in [5.74, 6) is -0.643. The van der Waals surface area contributed by atoms with Gasteiger partial charge in [-0.1, -0.05) is 0 Å². The summed E-state index contributed by atoms with van der Waals surface area (Å²) in [5, 5.41) is 6.89. The zero-order valence-corrected chi connectivity index (χ0v) is 11.5. The van der Waals surface area contributed by atoms with Crippen molar-refractivity contribution in [1.82, 2.24) is 14.7 Å². The van der Waals surface area contributed by atoms with Crippen molar-refractivity contribution in [2.75, 3.05) is 26.0 Å². The van der Waals surface area contributed by atoms with Gasteiger partial charge in [0.25, 0.3) is 5.91 Å². The number of nitrogens with one attached hydrogen (secondary N) is 1. The number of aromatic nitrogens is 2. The average molecular weight is 276 g/mol. The van der Waals surface area contributed by atoms with Crippen molar-refractivity contribution < 1.29 is 9.18 Å². The number of rotatable bonds is 5. The molecule has 106 valence electrons. The second kappa shape index (κ2) is 6.29. The minimum atomic E-state index is -0.363. The Bertz CT molecular complexity index is 577. The first-order valence-corrected chi connectivity index (χ1v) is 6.29. The minimum absolute atomic E-state index is 0.280. The summed E-state index contributed by atoms with van der Waals surface area (Å²) >= 11 is 0. The summed E-state index contributed by atoms with van der Waals surface area (Å²) in [4.78, 5) is 14.0. The highest BCUT2D eigenvalue weighted by Crippen LogP contribution is 2.09. The highest BCUT2D eigenvalue weighted by atomic mass is 19.1. The first-order chi connectivity index (χ1) is 9.54. The van der Waals surface area contributed by atoms with E-state index in [9.17, 15) is 9.18 Å². The van der Waals surface area contributed by atoms with Gasteiger partial charge in [0, 0.05) is 18.3 Å². The van der Waals surface area contributed by atoms with Crippen molar-refractivity contribution in [1.29, 1.82) is 0 Å². The summed E-state index contributed by atoms with van der Waals surface area (Å²) in [5.41, 5.74) is 1.03. The molecule has 1 aromatic heterocycles. The van der Waals surface area contributed by atoms with Crippen LogP contribution in [0.15, 0.2) is 36.7 Å². The molecular formula is C14H17FN4O. The van der Waals surface area contributed by atoms with E-state index in [-0.39, 0.29) is 11.7 Å². The molecule has 0 bridgehead atoms. The number of benzene rings is 1. The van der Waals surface area contributed by atoms with E-state index in [1.54, 1.807) is 17.1 Å². The summed E-state index contributed by atoms with van der Waals surface area (Å²) in [6, 6.07) is 5.41. The minimum Gasteiger partial charge on any atom is -0.319 e. The summed E-state index contributed by atoms with van der Waals surface area (Å²) in [6.45, 7) is 1.62. The van der Waals surface area contributed by atoms with Crippen LogP contribution in [0.1, 0.15) is 10.4 Å². The maximum atomic E-state index is 12.8. The van der Waals surface area contributed by atoms with Crippen molar-refractivity contribution in [3.05, 3.63) is 48.0 Å². The molecule has 1 N–H and O–H groups in total. The van der Waals surface area contributed by atoms with Crippen LogP contribution in [0.25, 0.3) is 0 Å². The van der Waals surface area contributed by atoms with Crippen molar-refractivity contribution >= 4 is 11.6 Å². The zero-order chi connectivity index (χ0) is 14.5. The Hall–Kier alpha value is -2.21. The summed E-state index contributed by atoms with van der Waals surface area (Å²) < 4.78 is 14.5. The lowest BCUT2D eigenvalue weighted by atomic mass is 10.2. The number of likely N-dealkylation sites (N-methyl/N-ethyl adjacent to an activating group) is 1. The molecule has 0 saturated carbocycles. The predicted octanol–water partition coefficient (Wildman–Crippen LogP) is 1.84. The fraction of sp³-hybridized carbons (Fsp3) is 0.286. The first-order valence-electron chi connectivity index (χ1n) is 6.29. The number of nitrogens with zero attached hydrogens (tertiary/aromatic N) is 3. The van der Waals surface area contributed by atoms with Gasteiger partial charge < -0.3 is 10.2 Å². The van der Waals surface area contributed by atoms with E-state index in [1.807, 2.05) is 14.1 Å². The third-order valence-electron chi connectivity index (χ3n) is 2.77. The van der Waals surface area contributed by atoms with Crippen LogP contribution in [0, 0.1) is 5.82 Å². The summed E-state index contributed by atoms with van der Waals surface area (Å²) in [6.07, 6.45) is 3.36. The smallest absolute Gasteiger partial charge is 0.255 e. The van der Waals surface area contributed by atoms with Crippen molar-refractivity contribution in [3.8, 4) is 0 Å². The molecule has 0 unspecified atom stereocenters. The van der Waals surface area contributed by atoms with E-state index < -0.39 is 0 Å². The SMILES string of the molecule is CN(C)CCn1cc(NC(=O)c2ccc(F)cc2)cn1. The molecule has 1 amide bonds. The van der Waals surface area contributed by atoms with Gasteiger partial charge in [0.1, 0.15) is 5.82 Å². The van der Waals surface area contributed by atoms with Crippen molar-refractivity contribution in [3.63, 3.8) is 0 Å². The lowest BCUT2D eigenvalue weighted by Gasteiger charge is -2.08. The average Bonchev–Trinajstić information content (AvgIpc) is 2.84. The van der Waals surface area contributed by atoms with Crippen LogP contribution < -0.4 is 5.32 Å². The second-order valence-corrected chi connectivity index (χ2v) is 4.76. The zero-order valence-electron chi connectivity index (χ0n) is 11.5. The highest BCUT2D eigenvalue weighted by molar-refractivity contribution is 6.04. The topological polar surface area (TPSA) is 50.2 Å². The number of hydrogen-bond donors (Lipinski definition) is 1. The van der Waals surface area contributed by atoms with E-state index in [2.05, 4.69) is 15.3 Å². The van der Waals surface area contributed by atoms with Gasteiger partial charge in [0.2, 0.25) is 0 Å². The molecule has 2 aromatic rings. The standard InChI is InChI=1S/C14H17FN4O/c1-18(2)7-8-19-10-13(9-16-19)17-14(20)11-3-5-12(15)6-4-11/h3-6,9-10H,7-8H2,1-2H3,(H,17,20). The van der Waals surface area contributed by atoms with Gasteiger partial charge in [-0.2, -0.15) is 5.10 Å². The van der Waals surface area contributed by atoms with Crippen LogP contribution in [-0.2, 0) is 6.54 Å². The number of halogens is 1. The molecule has 1 heterocycles. The van der Waals surface area contributed by atoms with Gasteiger partial charge in [-0.25, -0.2) is 4.39 Å². The van der Waals surface area contributed by atoms with Gasteiger partial charge in [0.15, 0.2) is 0 Å².